The van der Waals surface area contributed by atoms with Crippen LogP contribution in [0.1, 0.15) is 35.0 Å². The van der Waals surface area contributed by atoms with Crippen molar-refractivity contribution in [2.75, 3.05) is 13.1 Å². The first-order chi connectivity index (χ1) is 10.0. The number of hydrogen-bond acceptors (Lipinski definition) is 2. The van der Waals surface area contributed by atoms with Gasteiger partial charge in [-0.25, -0.2) is 4.39 Å². The van der Waals surface area contributed by atoms with Crippen LogP contribution in [0.5, 0.6) is 0 Å². The minimum atomic E-state index is -0.184. The van der Waals surface area contributed by atoms with E-state index in [9.17, 15) is 4.39 Å². The molecule has 2 aromatic rings. The Morgan fingerprint density at radius 1 is 1.24 bits per heavy atom. The van der Waals surface area contributed by atoms with Crippen molar-refractivity contribution >= 4 is 0 Å². The van der Waals surface area contributed by atoms with Crippen molar-refractivity contribution < 1.29 is 4.39 Å². The molecule has 0 aliphatic carbocycles. The third-order valence-corrected chi connectivity index (χ3v) is 3.96. The molecule has 2 rings (SSSR count). The lowest BCUT2D eigenvalue weighted by Crippen LogP contribution is -2.16. The third kappa shape index (κ3) is 3.70. The van der Waals surface area contributed by atoms with Crippen LogP contribution in [0.3, 0.4) is 0 Å². The van der Waals surface area contributed by atoms with Crippen LogP contribution in [0.25, 0.3) is 0 Å². The van der Waals surface area contributed by atoms with Gasteiger partial charge in [0.15, 0.2) is 0 Å². The van der Waals surface area contributed by atoms with Gasteiger partial charge in [-0.15, -0.1) is 0 Å². The van der Waals surface area contributed by atoms with Crippen molar-refractivity contribution in [2.45, 2.75) is 40.7 Å². The van der Waals surface area contributed by atoms with Crippen LogP contribution in [0.15, 0.2) is 18.2 Å². The summed E-state index contributed by atoms with van der Waals surface area (Å²) in [4.78, 5) is 0. The lowest BCUT2D eigenvalue weighted by molar-refractivity contribution is 0.620. The van der Waals surface area contributed by atoms with Gasteiger partial charge >= 0.3 is 0 Å². The van der Waals surface area contributed by atoms with Gasteiger partial charge in [0.2, 0.25) is 0 Å². The van der Waals surface area contributed by atoms with E-state index >= 15 is 0 Å². The monoisotopic (exact) mass is 289 g/mol. The summed E-state index contributed by atoms with van der Waals surface area (Å²) in [5.41, 5.74) is 5.69. The second-order valence-electron chi connectivity index (χ2n) is 5.48. The molecule has 0 atom stereocenters. The molecule has 4 heteroatoms. The fraction of sp³-hybridized carbons (Fsp3) is 0.471. The zero-order valence-electron chi connectivity index (χ0n) is 13.3. The van der Waals surface area contributed by atoms with Gasteiger partial charge in [0.1, 0.15) is 5.82 Å². The maximum Gasteiger partial charge on any atom is 0.123 e. The molecule has 1 aromatic heterocycles. The normalized spacial score (nSPS) is 11.1. The van der Waals surface area contributed by atoms with Crippen LogP contribution in [-0.4, -0.2) is 22.9 Å². The standard InChI is InChI=1S/C17H24FN3/c1-5-19-9-8-17-13(3)20-21(14(17)4)11-15-6-7-16(18)10-12(15)2/h6-7,10,19H,5,8-9,11H2,1-4H3. The Morgan fingerprint density at radius 2 is 2.00 bits per heavy atom. The average Bonchev–Trinajstić information content (AvgIpc) is 2.69. The highest BCUT2D eigenvalue weighted by molar-refractivity contribution is 5.29. The number of rotatable bonds is 6. The van der Waals surface area contributed by atoms with E-state index in [1.54, 1.807) is 6.07 Å². The highest BCUT2D eigenvalue weighted by atomic mass is 19.1. The minimum Gasteiger partial charge on any atom is -0.317 e. The first kappa shape index (κ1) is 15.7. The first-order valence-corrected chi connectivity index (χ1v) is 7.51. The van der Waals surface area contributed by atoms with Crippen molar-refractivity contribution in [1.82, 2.24) is 15.1 Å². The van der Waals surface area contributed by atoms with E-state index in [2.05, 4.69) is 31.2 Å². The molecular weight excluding hydrogens is 265 g/mol. The molecule has 0 aliphatic heterocycles. The summed E-state index contributed by atoms with van der Waals surface area (Å²) < 4.78 is 15.2. The topological polar surface area (TPSA) is 29.9 Å². The Hall–Kier alpha value is -1.68. The molecule has 1 aromatic carbocycles. The molecule has 0 amide bonds. The SMILES string of the molecule is CCNCCc1c(C)nn(Cc2ccc(F)cc2C)c1C. The maximum atomic E-state index is 13.2. The van der Waals surface area contributed by atoms with Gasteiger partial charge in [0.05, 0.1) is 12.2 Å². The van der Waals surface area contributed by atoms with Crippen LogP contribution in [-0.2, 0) is 13.0 Å². The van der Waals surface area contributed by atoms with E-state index in [0.717, 1.165) is 36.3 Å². The molecular formula is C17H24FN3. The molecule has 0 radical (unpaired) electrons. The smallest absolute Gasteiger partial charge is 0.123 e. The van der Waals surface area contributed by atoms with Crippen LogP contribution in [0, 0.1) is 26.6 Å². The Kier molecular flexibility index (Phi) is 5.12. The fourth-order valence-corrected chi connectivity index (χ4v) is 2.64. The molecule has 1 N–H and O–H groups in total. The van der Waals surface area contributed by atoms with E-state index in [4.69, 9.17) is 0 Å². The highest BCUT2D eigenvalue weighted by Gasteiger charge is 2.12. The zero-order chi connectivity index (χ0) is 15.4. The molecule has 0 saturated carbocycles. The molecule has 0 aliphatic rings. The Bertz CT molecular complexity index is 617. The number of halogens is 1. The van der Waals surface area contributed by atoms with E-state index < -0.39 is 0 Å². The number of likely N-dealkylation sites (N-methyl/N-ethyl adjacent to an activating group) is 1. The zero-order valence-corrected chi connectivity index (χ0v) is 13.3. The summed E-state index contributed by atoms with van der Waals surface area (Å²) in [7, 11) is 0. The van der Waals surface area contributed by atoms with Gasteiger partial charge in [-0.3, -0.25) is 4.68 Å². The molecule has 0 unspecified atom stereocenters. The molecule has 0 spiro atoms. The van der Waals surface area contributed by atoms with Gasteiger partial charge in [0.25, 0.3) is 0 Å². The van der Waals surface area contributed by atoms with Gasteiger partial charge in [-0.2, -0.15) is 5.10 Å². The molecule has 0 saturated heterocycles. The summed E-state index contributed by atoms with van der Waals surface area (Å²) in [5, 5.41) is 7.99. The lowest BCUT2D eigenvalue weighted by Gasteiger charge is -2.09. The molecule has 1 heterocycles. The minimum absolute atomic E-state index is 0.184. The van der Waals surface area contributed by atoms with E-state index in [0.29, 0.717) is 6.54 Å². The van der Waals surface area contributed by atoms with Gasteiger partial charge in [-0.05, 0) is 69.1 Å². The second-order valence-corrected chi connectivity index (χ2v) is 5.48. The van der Waals surface area contributed by atoms with Gasteiger partial charge in [-0.1, -0.05) is 13.0 Å². The predicted octanol–water partition coefficient (Wildman–Crippen LogP) is 3.15. The van der Waals surface area contributed by atoms with Crippen molar-refractivity contribution in [3.63, 3.8) is 0 Å². The number of hydrogen-bond donors (Lipinski definition) is 1. The highest BCUT2D eigenvalue weighted by Crippen LogP contribution is 2.17. The van der Waals surface area contributed by atoms with Crippen LogP contribution < -0.4 is 5.32 Å². The number of aryl methyl sites for hydroxylation is 2. The van der Waals surface area contributed by atoms with E-state index in [1.165, 1.54) is 17.3 Å². The number of nitrogens with one attached hydrogen (secondary N) is 1. The van der Waals surface area contributed by atoms with E-state index in [1.807, 2.05) is 17.7 Å². The summed E-state index contributed by atoms with van der Waals surface area (Å²) in [6.07, 6.45) is 0.994. The van der Waals surface area contributed by atoms with Crippen LogP contribution in [0.2, 0.25) is 0 Å². The molecule has 114 valence electrons. The molecule has 0 bridgehead atoms. The summed E-state index contributed by atoms with van der Waals surface area (Å²) in [6.45, 7) is 10.9. The summed E-state index contributed by atoms with van der Waals surface area (Å²) in [6, 6.07) is 4.94. The lowest BCUT2D eigenvalue weighted by atomic mass is 10.1. The van der Waals surface area contributed by atoms with Crippen molar-refractivity contribution in [1.29, 1.82) is 0 Å². The quantitative estimate of drug-likeness (QED) is 0.828. The molecule has 0 fully saturated rings. The molecule has 3 nitrogen and oxygen atoms in total. The van der Waals surface area contributed by atoms with Crippen molar-refractivity contribution in [3.8, 4) is 0 Å². The Balaban J connectivity index is 2.19. The second kappa shape index (κ2) is 6.85. The number of benzene rings is 1. The summed E-state index contributed by atoms with van der Waals surface area (Å²) in [5.74, 6) is -0.184. The van der Waals surface area contributed by atoms with Crippen molar-refractivity contribution in [3.05, 3.63) is 52.1 Å². The third-order valence-electron chi connectivity index (χ3n) is 3.96. The van der Waals surface area contributed by atoms with Gasteiger partial charge < -0.3 is 5.32 Å². The number of aromatic nitrogens is 2. The first-order valence-electron chi connectivity index (χ1n) is 7.51. The van der Waals surface area contributed by atoms with Gasteiger partial charge in [0, 0.05) is 5.69 Å². The Labute approximate surface area is 126 Å². The van der Waals surface area contributed by atoms with Crippen LogP contribution in [0.4, 0.5) is 4.39 Å². The summed E-state index contributed by atoms with van der Waals surface area (Å²) >= 11 is 0. The average molecular weight is 289 g/mol. The Morgan fingerprint density at radius 3 is 2.67 bits per heavy atom. The fourth-order valence-electron chi connectivity index (χ4n) is 2.64. The number of nitrogens with zero attached hydrogens (tertiary/aromatic N) is 2. The van der Waals surface area contributed by atoms with E-state index in [-0.39, 0.29) is 5.82 Å². The van der Waals surface area contributed by atoms with Crippen LogP contribution >= 0.6 is 0 Å². The largest absolute Gasteiger partial charge is 0.317 e. The predicted molar refractivity (Wildman–Crippen MR) is 84.2 cm³/mol. The van der Waals surface area contributed by atoms with Crippen molar-refractivity contribution in [2.24, 2.45) is 0 Å². The molecule has 21 heavy (non-hydrogen) atoms. The maximum absolute atomic E-state index is 13.2.